The third-order valence-electron chi connectivity index (χ3n) is 2.32. The molecule has 0 radical (unpaired) electrons. The van der Waals surface area contributed by atoms with Gasteiger partial charge in [-0.2, -0.15) is 0 Å². The Kier molecular flexibility index (Phi) is 4.91. The Morgan fingerprint density at radius 1 is 1.44 bits per heavy atom. The molecule has 1 aromatic heterocycles. The number of hydrogen-bond acceptors (Lipinski definition) is 4. The van der Waals surface area contributed by atoms with Gasteiger partial charge < -0.3 is 5.32 Å². The second-order valence-corrected chi connectivity index (χ2v) is 7.01. The number of hydrogen-bond donors (Lipinski definition) is 2. The lowest BCUT2D eigenvalue weighted by molar-refractivity contribution is 0.570. The molecule has 0 aliphatic rings. The van der Waals surface area contributed by atoms with Crippen molar-refractivity contribution >= 4 is 21.4 Å². The second kappa shape index (κ2) is 5.77. The van der Waals surface area contributed by atoms with Gasteiger partial charge in [-0.15, -0.1) is 11.3 Å². The predicted octanol–water partition coefficient (Wildman–Crippen LogP) is 1.26. The number of nitrogens with one attached hydrogen (secondary N) is 2. The fourth-order valence-electron chi connectivity index (χ4n) is 1.30. The first-order valence-electron chi connectivity index (χ1n) is 5.15. The third-order valence-corrected chi connectivity index (χ3v) is 4.87. The summed E-state index contributed by atoms with van der Waals surface area (Å²) in [5.41, 5.74) is 0. The van der Waals surface area contributed by atoms with E-state index >= 15 is 0 Å². The van der Waals surface area contributed by atoms with Gasteiger partial charge in [-0.3, -0.25) is 0 Å². The average Bonchev–Trinajstić information content (AvgIpc) is 2.64. The van der Waals surface area contributed by atoms with Gasteiger partial charge in [-0.25, -0.2) is 13.1 Å². The lowest BCUT2D eigenvalue weighted by atomic mass is 10.3. The van der Waals surface area contributed by atoms with Crippen LogP contribution in [0.4, 0.5) is 0 Å². The summed E-state index contributed by atoms with van der Waals surface area (Å²) in [6.45, 7) is 4.56. The summed E-state index contributed by atoms with van der Waals surface area (Å²) in [6.07, 6.45) is 0. The molecule has 6 heteroatoms. The molecule has 4 nitrogen and oxygen atoms in total. The Morgan fingerprint density at radius 3 is 2.62 bits per heavy atom. The standard InChI is InChI=1S/C10H18N2O2S2/c1-8-4-5-10(15-8)9(2)12-6-7-16(13,14)11-3/h4-5,9,11-12H,6-7H2,1-3H3. The van der Waals surface area contributed by atoms with Gasteiger partial charge in [0.05, 0.1) is 5.75 Å². The molecule has 0 aliphatic carbocycles. The summed E-state index contributed by atoms with van der Waals surface area (Å²) in [4.78, 5) is 2.51. The van der Waals surface area contributed by atoms with E-state index in [-0.39, 0.29) is 11.8 Å². The first-order valence-corrected chi connectivity index (χ1v) is 7.62. The van der Waals surface area contributed by atoms with Gasteiger partial charge in [0.2, 0.25) is 10.0 Å². The molecule has 0 spiro atoms. The van der Waals surface area contributed by atoms with Gasteiger partial charge in [0, 0.05) is 22.3 Å². The van der Waals surface area contributed by atoms with Crippen LogP contribution in [0.15, 0.2) is 12.1 Å². The van der Waals surface area contributed by atoms with Crippen molar-refractivity contribution in [3.63, 3.8) is 0 Å². The van der Waals surface area contributed by atoms with E-state index in [4.69, 9.17) is 0 Å². The Morgan fingerprint density at radius 2 is 2.12 bits per heavy atom. The maximum atomic E-state index is 11.2. The van der Waals surface area contributed by atoms with Gasteiger partial charge in [0.1, 0.15) is 0 Å². The van der Waals surface area contributed by atoms with E-state index in [1.807, 2.05) is 6.92 Å². The quantitative estimate of drug-likeness (QED) is 0.811. The number of aryl methyl sites for hydroxylation is 1. The van der Waals surface area contributed by atoms with Crippen molar-refractivity contribution in [3.05, 3.63) is 21.9 Å². The predicted molar refractivity (Wildman–Crippen MR) is 68.3 cm³/mol. The van der Waals surface area contributed by atoms with Crippen LogP contribution in [-0.2, 0) is 10.0 Å². The van der Waals surface area contributed by atoms with Gasteiger partial charge >= 0.3 is 0 Å². The summed E-state index contributed by atoms with van der Waals surface area (Å²) in [6, 6.07) is 4.35. The maximum absolute atomic E-state index is 11.2. The highest BCUT2D eigenvalue weighted by atomic mass is 32.2. The van der Waals surface area contributed by atoms with Crippen LogP contribution in [0.5, 0.6) is 0 Å². The zero-order chi connectivity index (χ0) is 12.2. The maximum Gasteiger partial charge on any atom is 0.212 e. The fourth-order valence-corrected chi connectivity index (χ4v) is 2.79. The fraction of sp³-hybridized carbons (Fsp3) is 0.600. The Balaban J connectivity index is 2.39. The summed E-state index contributed by atoms with van der Waals surface area (Å²) in [5.74, 6) is 0.109. The van der Waals surface area contributed by atoms with Crippen LogP contribution in [0.2, 0.25) is 0 Å². The summed E-state index contributed by atoms with van der Waals surface area (Å²) < 4.78 is 24.6. The van der Waals surface area contributed by atoms with Crippen molar-refractivity contribution in [2.24, 2.45) is 0 Å². The molecule has 1 heterocycles. The third kappa shape index (κ3) is 4.21. The minimum atomic E-state index is -3.10. The van der Waals surface area contributed by atoms with Crippen LogP contribution >= 0.6 is 11.3 Å². The molecule has 16 heavy (non-hydrogen) atoms. The van der Waals surface area contributed by atoms with Crippen LogP contribution in [0.25, 0.3) is 0 Å². The molecule has 0 saturated heterocycles. The largest absolute Gasteiger partial charge is 0.308 e. The Hall–Kier alpha value is -0.430. The minimum Gasteiger partial charge on any atom is -0.308 e. The lowest BCUT2D eigenvalue weighted by Gasteiger charge is -2.11. The van der Waals surface area contributed by atoms with E-state index in [1.54, 1.807) is 11.3 Å². The molecule has 1 unspecified atom stereocenters. The van der Waals surface area contributed by atoms with Crippen LogP contribution in [0.3, 0.4) is 0 Å². The molecular weight excluding hydrogens is 244 g/mol. The van der Waals surface area contributed by atoms with Gasteiger partial charge in [0.25, 0.3) is 0 Å². The molecule has 92 valence electrons. The zero-order valence-electron chi connectivity index (χ0n) is 9.78. The zero-order valence-corrected chi connectivity index (χ0v) is 11.4. The summed E-state index contributed by atoms with van der Waals surface area (Å²) >= 11 is 1.73. The molecule has 0 fully saturated rings. The molecule has 2 N–H and O–H groups in total. The highest BCUT2D eigenvalue weighted by Gasteiger charge is 2.10. The smallest absolute Gasteiger partial charge is 0.212 e. The normalized spacial score (nSPS) is 13.9. The van der Waals surface area contributed by atoms with Crippen molar-refractivity contribution in [2.75, 3.05) is 19.3 Å². The van der Waals surface area contributed by atoms with E-state index in [2.05, 4.69) is 29.1 Å². The highest BCUT2D eigenvalue weighted by Crippen LogP contribution is 2.21. The van der Waals surface area contributed by atoms with Crippen LogP contribution < -0.4 is 10.0 Å². The number of thiophene rings is 1. The molecule has 0 bridgehead atoms. The molecule has 0 aromatic carbocycles. The van der Waals surface area contributed by atoms with Crippen molar-refractivity contribution in [2.45, 2.75) is 19.9 Å². The minimum absolute atomic E-state index is 0.109. The van der Waals surface area contributed by atoms with E-state index < -0.39 is 10.0 Å². The molecule has 1 rings (SSSR count). The SMILES string of the molecule is CNS(=O)(=O)CCNC(C)c1ccc(C)s1. The summed E-state index contributed by atoms with van der Waals surface area (Å²) in [7, 11) is -1.67. The second-order valence-electron chi connectivity index (χ2n) is 3.65. The van der Waals surface area contributed by atoms with Crippen LogP contribution in [0, 0.1) is 6.92 Å². The molecule has 0 saturated carbocycles. The van der Waals surface area contributed by atoms with Gasteiger partial charge in [0.15, 0.2) is 0 Å². The number of sulfonamides is 1. The monoisotopic (exact) mass is 262 g/mol. The highest BCUT2D eigenvalue weighted by molar-refractivity contribution is 7.89. The average molecular weight is 262 g/mol. The van der Waals surface area contributed by atoms with Crippen molar-refractivity contribution in [3.8, 4) is 0 Å². The molecule has 0 aliphatic heterocycles. The molecular formula is C10H18N2O2S2. The van der Waals surface area contributed by atoms with Gasteiger partial charge in [-0.05, 0) is 33.0 Å². The van der Waals surface area contributed by atoms with E-state index in [0.717, 1.165) is 0 Å². The Bertz CT molecular complexity index is 426. The van der Waals surface area contributed by atoms with E-state index in [1.165, 1.54) is 16.8 Å². The van der Waals surface area contributed by atoms with Gasteiger partial charge in [-0.1, -0.05) is 0 Å². The lowest BCUT2D eigenvalue weighted by Crippen LogP contribution is -2.30. The van der Waals surface area contributed by atoms with Crippen molar-refractivity contribution in [1.82, 2.24) is 10.0 Å². The topological polar surface area (TPSA) is 58.2 Å². The summed E-state index contributed by atoms with van der Waals surface area (Å²) in [5, 5.41) is 3.19. The number of rotatable bonds is 6. The van der Waals surface area contributed by atoms with E-state index in [9.17, 15) is 8.42 Å². The molecule has 1 aromatic rings. The first-order chi connectivity index (χ1) is 7.44. The Labute approximate surface area is 101 Å². The van der Waals surface area contributed by atoms with Crippen molar-refractivity contribution < 1.29 is 8.42 Å². The van der Waals surface area contributed by atoms with Crippen molar-refractivity contribution in [1.29, 1.82) is 0 Å². The van der Waals surface area contributed by atoms with E-state index in [0.29, 0.717) is 6.54 Å². The van der Waals surface area contributed by atoms with Crippen LogP contribution in [-0.4, -0.2) is 27.8 Å². The molecule has 1 atom stereocenters. The molecule has 0 amide bonds. The first kappa shape index (κ1) is 13.6. The van der Waals surface area contributed by atoms with Crippen LogP contribution in [0.1, 0.15) is 22.7 Å².